The molecule has 0 spiro atoms. The van der Waals surface area contributed by atoms with Crippen molar-refractivity contribution in [2.24, 2.45) is 0 Å². The van der Waals surface area contributed by atoms with Gasteiger partial charge in [-0.25, -0.2) is 4.79 Å². The van der Waals surface area contributed by atoms with Gasteiger partial charge in [-0.3, -0.25) is 4.79 Å². The summed E-state index contributed by atoms with van der Waals surface area (Å²) in [5, 5.41) is 11.5. The predicted molar refractivity (Wildman–Crippen MR) is 48.8 cm³/mol. The fraction of sp³-hybridized carbons (Fsp3) is 0.778. The zero-order valence-electron chi connectivity index (χ0n) is 8.37. The van der Waals surface area contributed by atoms with Crippen molar-refractivity contribution in [3.63, 3.8) is 0 Å². The minimum atomic E-state index is -1.16. The van der Waals surface area contributed by atoms with Crippen LogP contribution in [0.25, 0.3) is 0 Å². The van der Waals surface area contributed by atoms with Crippen molar-refractivity contribution in [2.45, 2.75) is 37.8 Å². The second kappa shape index (κ2) is 3.57. The monoisotopic (exact) mass is 201 g/mol. The molecule has 0 aromatic carbocycles. The molecule has 5 nitrogen and oxygen atoms in total. The molecule has 0 aromatic rings. The Morgan fingerprint density at radius 1 is 1.57 bits per heavy atom. The van der Waals surface area contributed by atoms with Gasteiger partial charge >= 0.3 is 5.97 Å². The maximum absolute atomic E-state index is 11.1. The van der Waals surface area contributed by atoms with E-state index in [4.69, 9.17) is 9.84 Å². The minimum absolute atomic E-state index is 0.286. The maximum atomic E-state index is 11.1. The Balaban J connectivity index is 2.87. The van der Waals surface area contributed by atoms with Crippen molar-refractivity contribution < 1.29 is 19.4 Å². The van der Waals surface area contributed by atoms with Gasteiger partial charge in [0.05, 0.1) is 12.2 Å². The molecule has 1 unspecified atom stereocenters. The molecule has 0 radical (unpaired) electrons. The van der Waals surface area contributed by atoms with E-state index >= 15 is 0 Å². The molecule has 1 atom stereocenters. The van der Waals surface area contributed by atoms with E-state index in [1.54, 1.807) is 0 Å². The number of amides is 1. The Morgan fingerprint density at radius 2 is 2.21 bits per heavy atom. The summed E-state index contributed by atoms with van der Waals surface area (Å²) in [6.45, 7) is 3.98. The lowest BCUT2D eigenvalue weighted by atomic mass is 9.81. The van der Waals surface area contributed by atoms with Gasteiger partial charge in [0.25, 0.3) is 0 Å². The summed E-state index contributed by atoms with van der Waals surface area (Å²) in [6.07, 6.45) is 1.04. The molecule has 1 amide bonds. The number of carbonyl (C=O) groups is 2. The number of ether oxygens (including phenoxy) is 1. The number of carboxylic acids is 1. The lowest BCUT2D eigenvalue weighted by molar-refractivity contribution is -0.159. The second-order valence-corrected chi connectivity index (χ2v) is 4.18. The Labute approximate surface area is 82.4 Å². The molecule has 1 aliphatic rings. The highest BCUT2D eigenvalue weighted by Gasteiger charge is 2.46. The third-order valence-electron chi connectivity index (χ3n) is 2.49. The Kier molecular flexibility index (Phi) is 2.80. The van der Waals surface area contributed by atoms with Crippen LogP contribution in [0.2, 0.25) is 0 Å². The molecule has 80 valence electrons. The van der Waals surface area contributed by atoms with Crippen LogP contribution in [0, 0.1) is 0 Å². The largest absolute Gasteiger partial charge is 0.480 e. The minimum Gasteiger partial charge on any atom is -0.480 e. The fourth-order valence-electron chi connectivity index (χ4n) is 1.85. The number of aliphatic carboxylic acids is 1. The fourth-order valence-corrected chi connectivity index (χ4v) is 1.85. The first-order valence-corrected chi connectivity index (χ1v) is 4.51. The number of rotatable bonds is 3. The zero-order chi connectivity index (χ0) is 10.8. The topological polar surface area (TPSA) is 75.6 Å². The SMILES string of the molecule is CC1(C)CC(NC=O)(C(=O)O)CCO1. The highest BCUT2D eigenvalue weighted by Crippen LogP contribution is 2.31. The van der Waals surface area contributed by atoms with Crippen molar-refractivity contribution >= 4 is 12.4 Å². The Morgan fingerprint density at radius 3 is 2.64 bits per heavy atom. The quantitative estimate of drug-likeness (QED) is 0.637. The first-order valence-electron chi connectivity index (χ1n) is 4.51. The van der Waals surface area contributed by atoms with Crippen LogP contribution in [0.3, 0.4) is 0 Å². The van der Waals surface area contributed by atoms with E-state index in [0.717, 1.165) is 0 Å². The van der Waals surface area contributed by atoms with E-state index in [1.807, 2.05) is 13.8 Å². The first kappa shape index (κ1) is 11.0. The van der Waals surface area contributed by atoms with Crippen LogP contribution in [0.5, 0.6) is 0 Å². The third-order valence-corrected chi connectivity index (χ3v) is 2.49. The van der Waals surface area contributed by atoms with E-state index in [9.17, 15) is 9.59 Å². The van der Waals surface area contributed by atoms with Gasteiger partial charge < -0.3 is 15.2 Å². The maximum Gasteiger partial charge on any atom is 0.329 e. The van der Waals surface area contributed by atoms with Gasteiger partial charge in [0.2, 0.25) is 6.41 Å². The smallest absolute Gasteiger partial charge is 0.329 e. The summed E-state index contributed by atoms with van der Waals surface area (Å²) in [7, 11) is 0. The van der Waals surface area contributed by atoms with Gasteiger partial charge in [-0.2, -0.15) is 0 Å². The Bertz CT molecular complexity index is 251. The molecule has 1 aliphatic heterocycles. The van der Waals surface area contributed by atoms with E-state index in [-0.39, 0.29) is 6.42 Å². The highest BCUT2D eigenvalue weighted by molar-refractivity contribution is 5.81. The van der Waals surface area contributed by atoms with Crippen molar-refractivity contribution in [2.75, 3.05) is 6.61 Å². The number of carbonyl (C=O) groups excluding carboxylic acids is 1. The zero-order valence-corrected chi connectivity index (χ0v) is 8.37. The van der Waals surface area contributed by atoms with Crippen LogP contribution in [0.4, 0.5) is 0 Å². The summed E-state index contributed by atoms with van der Waals surface area (Å²) in [4.78, 5) is 21.5. The predicted octanol–water partition coefficient (Wildman–Crippen LogP) is 0.145. The molecule has 1 fully saturated rings. The van der Waals surface area contributed by atoms with Gasteiger partial charge in [-0.15, -0.1) is 0 Å². The number of nitrogens with one attached hydrogen (secondary N) is 1. The lowest BCUT2D eigenvalue weighted by Gasteiger charge is -2.41. The summed E-state index contributed by atoms with van der Waals surface area (Å²) in [6, 6.07) is 0. The van der Waals surface area contributed by atoms with Crippen molar-refractivity contribution in [1.29, 1.82) is 0 Å². The molecule has 14 heavy (non-hydrogen) atoms. The normalized spacial score (nSPS) is 30.7. The van der Waals surface area contributed by atoms with Crippen LogP contribution in [-0.4, -0.2) is 35.2 Å². The number of hydrogen-bond donors (Lipinski definition) is 2. The van der Waals surface area contributed by atoms with Crippen LogP contribution in [-0.2, 0) is 14.3 Å². The molecule has 0 bridgehead atoms. The molecule has 1 saturated heterocycles. The van der Waals surface area contributed by atoms with Gasteiger partial charge in [-0.05, 0) is 13.8 Å². The van der Waals surface area contributed by atoms with Crippen LogP contribution < -0.4 is 5.32 Å². The molecular formula is C9H15NO4. The number of hydrogen-bond acceptors (Lipinski definition) is 3. The Hall–Kier alpha value is -1.10. The summed E-state index contributed by atoms with van der Waals surface area (Å²) < 4.78 is 5.40. The van der Waals surface area contributed by atoms with E-state index in [2.05, 4.69) is 5.32 Å². The van der Waals surface area contributed by atoms with Crippen LogP contribution in [0.15, 0.2) is 0 Å². The molecule has 0 aromatic heterocycles. The average molecular weight is 201 g/mol. The first-order chi connectivity index (χ1) is 6.42. The average Bonchev–Trinajstić information content (AvgIpc) is 2.02. The van der Waals surface area contributed by atoms with Gasteiger partial charge in [-0.1, -0.05) is 0 Å². The van der Waals surface area contributed by atoms with Crippen LogP contribution >= 0.6 is 0 Å². The van der Waals surface area contributed by atoms with Gasteiger partial charge in [0.15, 0.2) is 0 Å². The highest BCUT2D eigenvalue weighted by atomic mass is 16.5. The molecule has 5 heteroatoms. The summed E-state index contributed by atoms with van der Waals surface area (Å²) in [5.41, 5.74) is -1.67. The van der Waals surface area contributed by atoms with E-state index in [0.29, 0.717) is 19.4 Å². The van der Waals surface area contributed by atoms with Crippen molar-refractivity contribution in [3.8, 4) is 0 Å². The lowest BCUT2D eigenvalue weighted by Crippen LogP contribution is -2.59. The molecular weight excluding hydrogens is 186 g/mol. The summed E-state index contributed by atoms with van der Waals surface area (Å²) >= 11 is 0. The molecule has 0 saturated carbocycles. The van der Waals surface area contributed by atoms with Crippen molar-refractivity contribution in [3.05, 3.63) is 0 Å². The van der Waals surface area contributed by atoms with Gasteiger partial charge in [0, 0.05) is 12.8 Å². The second-order valence-electron chi connectivity index (χ2n) is 4.18. The van der Waals surface area contributed by atoms with Crippen molar-refractivity contribution in [1.82, 2.24) is 5.32 Å². The molecule has 0 aliphatic carbocycles. The van der Waals surface area contributed by atoms with E-state index < -0.39 is 17.1 Å². The number of carboxylic acid groups (broad SMARTS) is 1. The third kappa shape index (κ3) is 2.04. The molecule has 2 N–H and O–H groups in total. The van der Waals surface area contributed by atoms with Crippen LogP contribution in [0.1, 0.15) is 26.7 Å². The van der Waals surface area contributed by atoms with E-state index in [1.165, 1.54) is 0 Å². The standard InChI is InChI=1S/C9H15NO4/c1-8(2)5-9(7(12)13,10-6-11)3-4-14-8/h6H,3-5H2,1-2H3,(H,10,11)(H,12,13). The van der Waals surface area contributed by atoms with Gasteiger partial charge in [0.1, 0.15) is 5.54 Å². The molecule has 1 heterocycles. The molecule has 1 rings (SSSR count). The summed E-state index contributed by atoms with van der Waals surface area (Å²) in [5.74, 6) is -0.999.